The highest BCUT2D eigenvalue weighted by molar-refractivity contribution is 7.91. The highest BCUT2D eigenvalue weighted by Gasteiger charge is 2.31. The van der Waals surface area contributed by atoms with Gasteiger partial charge in [0.1, 0.15) is 27.0 Å². The van der Waals surface area contributed by atoms with Gasteiger partial charge in [-0.3, -0.25) is 0 Å². The number of sulfone groups is 1. The Kier molecular flexibility index (Phi) is 2.76. The Morgan fingerprint density at radius 3 is 2.25 bits per heavy atom. The fourth-order valence-electron chi connectivity index (χ4n) is 2.22. The number of benzene rings is 2. The summed E-state index contributed by atoms with van der Waals surface area (Å²) in [6.07, 6.45) is 0. The highest BCUT2D eigenvalue weighted by Crippen LogP contribution is 2.44. The van der Waals surface area contributed by atoms with Crippen molar-refractivity contribution in [2.75, 3.05) is 0 Å². The molecule has 0 bridgehead atoms. The molecule has 1 aliphatic rings. The van der Waals surface area contributed by atoms with Crippen molar-refractivity contribution in [3.63, 3.8) is 0 Å². The summed E-state index contributed by atoms with van der Waals surface area (Å²) in [7, 11) is -3.60. The van der Waals surface area contributed by atoms with Crippen LogP contribution < -0.4 is 4.74 Å². The van der Waals surface area contributed by atoms with E-state index in [1.54, 1.807) is 18.2 Å². The molecule has 0 aromatic heterocycles. The molecule has 1 heterocycles. The smallest absolute Gasteiger partial charge is 0.213 e. The Morgan fingerprint density at radius 2 is 1.60 bits per heavy atom. The SMILES string of the molecule is CC(C)c1ccc2c(c1)Oc1cc(O)ccc1S2(=O)=O. The lowest BCUT2D eigenvalue weighted by atomic mass is 10.0. The maximum Gasteiger partial charge on any atom is 0.213 e. The van der Waals surface area contributed by atoms with Crippen molar-refractivity contribution in [3.05, 3.63) is 42.0 Å². The van der Waals surface area contributed by atoms with Crippen molar-refractivity contribution in [2.45, 2.75) is 29.6 Å². The van der Waals surface area contributed by atoms with Crippen LogP contribution in [0, 0.1) is 0 Å². The molecule has 0 amide bonds. The molecule has 20 heavy (non-hydrogen) atoms. The van der Waals surface area contributed by atoms with Crippen molar-refractivity contribution in [2.24, 2.45) is 0 Å². The van der Waals surface area contributed by atoms with Gasteiger partial charge in [0.05, 0.1) is 0 Å². The number of fused-ring (bicyclic) bond motifs is 2. The number of rotatable bonds is 1. The van der Waals surface area contributed by atoms with Crippen LogP contribution in [0.3, 0.4) is 0 Å². The van der Waals surface area contributed by atoms with Gasteiger partial charge in [-0.2, -0.15) is 0 Å². The molecule has 1 aliphatic heterocycles. The first kappa shape index (κ1) is 13.0. The van der Waals surface area contributed by atoms with Crippen LogP contribution in [0.2, 0.25) is 0 Å². The molecule has 0 aliphatic carbocycles. The predicted molar refractivity (Wildman–Crippen MR) is 74.2 cm³/mol. The van der Waals surface area contributed by atoms with Crippen molar-refractivity contribution < 1.29 is 18.3 Å². The van der Waals surface area contributed by atoms with E-state index in [2.05, 4.69) is 0 Å². The van der Waals surface area contributed by atoms with Crippen LogP contribution in [0.4, 0.5) is 0 Å². The normalized spacial score (nSPS) is 15.3. The maximum atomic E-state index is 12.5. The van der Waals surface area contributed by atoms with Crippen LogP contribution in [0.15, 0.2) is 46.2 Å². The maximum absolute atomic E-state index is 12.5. The molecule has 4 nitrogen and oxygen atoms in total. The van der Waals surface area contributed by atoms with Gasteiger partial charge in [-0.15, -0.1) is 0 Å². The van der Waals surface area contributed by atoms with Gasteiger partial charge < -0.3 is 9.84 Å². The molecule has 0 unspecified atom stereocenters. The van der Waals surface area contributed by atoms with E-state index in [4.69, 9.17) is 4.74 Å². The lowest BCUT2D eigenvalue weighted by Gasteiger charge is -2.21. The number of phenolic OH excluding ortho intramolecular Hbond substituents is 1. The van der Waals surface area contributed by atoms with Crippen molar-refractivity contribution in [3.8, 4) is 17.2 Å². The quantitative estimate of drug-likeness (QED) is 0.745. The number of aromatic hydroxyl groups is 1. The van der Waals surface area contributed by atoms with Gasteiger partial charge in [-0.1, -0.05) is 19.9 Å². The highest BCUT2D eigenvalue weighted by atomic mass is 32.2. The minimum absolute atomic E-state index is 0.0255. The third-order valence-corrected chi connectivity index (χ3v) is 5.19. The molecule has 5 heteroatoms. The minimum Gasteiger partial charge on any atom is -0.508 e. The lowest BCUT2D eigenvalue weighted by molar-refractivity contribution is 0.429. The second kappa shape index (κ2) is 4.24. The summed E-state index contributed by atoms with van der Waals surface area (Å²) in [6, 6.07) is 9.14. The fourth-order valence-corrected chi connectivity index (χ4v) is 3.68. The molecule has 0 fully saturated rings. The number of hydrogen-bond acceptors (Lipinski definition) is 4. The van der Waals surface area contributed by atoms with E-state index in [1.165, 1.54) is 18.2 Å². The van der Waals surface area contributed by atoms with Gasteiger partial charge in [0, 0.05) is 6.07 Å². The molecule has 3 rings (SSSR count). The summed E-state index contributed by atoms with van der Waals surface area (Å²) in [5.41, 5.74) is 1.00. The molecule has 2 aromatic rings. The van der Waals surface area contributed by atoms with Gasteiger partial charge in [0.15, 0.2) is 0 Å². The zero-order valence-corrected chi connectivity index (χ0v) is 11.9. The molecular formula is C15H14O4S. The van der Waals surface area contributed by atoms with E-state index in [0.717, 1.165) is 5.56 Å². The Morgan fingerprint density at radius 1 is 1.00 bits per heavy atom. The topological polar surface area (TPSA) is 63.6 Å². The lowest BCUT2D eigenvalue weighted by Crippen LogP contribution is -2.11. The van der Waals surface area contributed by atoms with Gasteiger partial charge in [-0.05, 0) is 35.7 Å². The van der Waals surface area contributed by atoms with E-state index in [1.807, 2.05) is 13.8 Å². The molecule has 0 saturated heterocycles. The Bertz CT molecular complexity index is 792. The zero-order chi connectivity index (χ0) is 14.5. The number of hydrogen-bond donors (Lipinski definition) is 1. The fraction of sp³-hybridized carbons (Fsp3) is 0.200. The van der Waals surface area contributed by atoms with Gasteiger partial charge >= 0.3 is 0 Å². The van der Waals surface area contributed by atoms with Crippen LogP contribution >= 0.6 is 0 Å². The molecule has 0 saturated carbocycles. The van der Waals surface area contributed by atoms with Gasteiger partial charge in [-0.25, -0.2) is 8.42 Å². The van der Waals surface area contributed by atoms with E-state index < -0.39 is 9.84 Å². The van der Waals surface area contributed by atoms with Crippen LogP contribution in [0.5, 0.6) is 17.2 Å². The van der Waals surface area contributed by atoms with Crippen LogP contribution in [-0.4, -0.2) is 13.5 Å². The zero-order valence-electron chi connectivity index (χ0n) is 11.1. The third kappa shape index (κ3) is 1.86. The van der Waals surface area contributed by atoms with Crippen molar-refractivity contribution >= 4 is 9.84 Å². The first-order valence-electron chi connectivity index (χ1n) is 6.29. The summed E-state index contributed by atoms with van der Waals surface area (Å²) in [5, 5.41) is 9.47. The average molecular weight is 290 g/mol. The first-order valence-corrected chi connectivity index (χ1v) is 7.78. The predicted octanol–water partition coefficient (Wildman–Crippen LogP) is 3.45. The molecule has 0 spiro atoms. The average Bonchev–Trinajstić information content (AvgIpc) is 2.37. The minimum atomic E-state index is -3.60. The molecular weight excluding hydrogens is 276 g/mol. The molecule has 104 valence electrons. The number of ether oxygens (including phenoxy) is 1. The van der Waals surface area contributed by atoms with Gasteiger partial charge in [0.25, 0.3) is 0 Å². The Balaban J connectivity index is 2.24. The first-order chi connectivity index (χ1) is 9.39. The summed E-state index contributed by atoms with van der Waals surface area (Å²) < 4.78 is 30.7. The Hall–Kier alpha value is -2.01. The van der Waals surface area contributed by atoms with Crippen LogP contribution in [0.1, 0.15) is 25.3 Å². The van der Waals surface area contributed by atoms with Crippen LogP contribution in [0.25, 0.3) is 0 Å². The summed E-state index contributed by atoms with van der Waals surface area (Å²) in [4.78, 5) is 0.250. The van der Waals surface area contributed by atoms with E-state index in [-0.39, 0.29) is 27.2 Å². The third-order valence-electron chi connectivity index (χ3n) is 3.36. The summed E-state index contributed by atoms with van der Waals surface area (Å²) in [5.74, 6) is 0.729. The largest absolute Gasteiger partial charge is 0.508 e. The number of phenols is 1. The van der Waals surface area contributed by atoms with Gasteiger partial charge in [0.2, 0.25) is 9.84 Å². The van der Waals surface area contributed by atoms with Crippen LogP contribution in [-0.2, 0) is 9.84 Å². The second-order valence-corrected chi connectivity index (χ2v) is 6.98. The monoisotopic (exact) mass is 290 g/mol. The summed E-state index contributed by atoms with van der Waals surface area (Å²) in [6.45, 7) is 4.05. The van der Waals surface area contributed by atoms with E-state index in [0.29, 0.717) is 5.75 Å². The van der Waals surface area contributed by atoms with Crippen molar-refractivity contribution in [1.82, 2.24) is 0 Å². The molecule has 1 N–H and O–H groups in total. The Labute approximate surface area is 117 Å². The summed E-state index contributed by atoms with van der Waals surface area (Å²) >= 11 is 0. The van der Waals surface area contributed by atoms with E-state index in [9.17, 15) is 13.5 Å². The standard InChI is InChI=1S/C15H14O4S/c1-9(2)10-3-5-14-12(7-10)19-13-8-11(16)4-6-15(13)20(14,17)18/h3-9,16H,1-2H3. The molecule has 0 radical (unpaired) electrons. The van der Waals surface area contributed by atoms with Crippen molar-refractivity contribution in [1.29, 1.82) is 0 Å². The second-order valence-electron chi connectivity index (χ2n) is 5.10. The van der Waals surface area contributed by atoms with E-state index >= 15 is 0 Å². The molecule has 0 atom stereocenters. The molecule has 2 aromatic carbocycles.